The van der Waals surface area contributed by atoms with Crippen molar-refractivity contribution in [1.29, 1.82) is 0 Å². The van der Waals surface area contributed by atoms with Gasteiger partial charge in [-0.1, -0.05) is 0 Å². The molecule has 4 aliphatic carbocycles. The van der Waals surface area contributed by atoms with Gasteiger partial charge in [0.2, 0.25) is 0 Å². The molecule has 4 fully saturated rings. The number of fused-ring (bicyclic) bond motifs is 4. The first-order valence-corrected chi connectivity index (χ1v) is 8.42. The van der Waals surface area contributed by atoms with Gasteiger partial charge in [-0.05, 0) is 75.0 Å². The number of hydrogen-bond donors (Lipinski definition) is 2. The lowest BCUT2D eigenvalue weighted by molar-refractivity contribution is -0.139. The summed E-state index contributed by atoms with van der Waals surface area (Å²) in [5, 5.41) is 8.31. The molecule has 4 rings (SSSR count). The number of rotatable bonds is 2. The molecule has 4 aliphatic rings. The Bertz CT molecular complexity index is 518. The van der Waals surface area contributed by atoms with Gasteiger partial charge in [0.1, 0.15) is 0 Å². The molecule has 2 amide bonds. The summed E-state index contributed by atoms with van der Waals surface area (Å²) in [7, 11) is 0. The Kier molecular flexibility index (Phi) is 3.47. The highest BCUT2D eigenvalue weighted by atomic mass is 16.2. The normalized spacial score (nSPS) is 38.9. The third kappa shape index (κ3) is 2.55. The van der Waals surface area contributed by atoms with E-state index in [2.05, 4.69) is 21.1 Å². The second-order valence-electron chi connectivity index (χ2n) is 7.25. The Labute approximate surface area is 129 Å². The van der Waals surface area contributed by atoms with Gasteiger partial charge in [0, 0.05) is 11.4 Å². The number of nitrogens with one attached hydrogen (secondary N) is 2. The molecule has 22 heavy (non-hydrogen) atoms. The van der Waals surface area contributed by atoms with Crippen molar-refractivity contribution in [1.82, 2.24) is 10.9 Å². The minimum Gasteiger partial charge on any atom is -0.262 e. The van der Waals surface area contributed by atoms with E-state index in [1.165, 1.54) is 38.5 Å². The Morgan fingerprint density at radius 1 is 0.773 bits per heavy atom. The maximum absolute atomic E-state index is 11.8. The summed E-state index contributed by atoms with van der Waals surface area (Å²) in [6.07, 6.45) is 9.21. The lowest BCUT2D eigenvalue weighted by Gasteiger charge is -2.12. The van der Waals surface area contributed by atoms with E-state index < -0.39 is 11.8 Å². The molecule has 0 spiro atoms. The van der Waals surface area contributed by atoms with Crippen LogP contribution < -0.4 is 10.9 Å². The smallest absolute Gasteiger partial charge is 0.262 e. The molecule has 6 nitrogen and oxygen atoms in total. The van der Waals surface area contributed by atoms with E-state index in [4.69, 9.17) is 0 Å². The van der Waals surface area contributed by atoms with Crippen LogP contribution >= 0.6 is 0 Å². The number of hydrazone groups is 2. The van der Waals surface area contributed by atoms with E-state index >= 15 is 0 Å². The molecule has 0 heterocycles. The van der Waals surface area contributed by atoms with Crippen molar-refractivity contribution in [3.05, 3.63) is 0 Å². The SMILES string of the molecule is O=C(N/N=C1/C[C@H]2CC[C@H]1C2)C(=O)N/N=C1\C[C@@H]2CC[C@@H]1C2. The molecule has 118 valence electrons. The molecule has 0 aromatic rings. The predicted molar refractivity (Wildman–Crippen MR) is 82.1 cm³/mol. The fraction of sp³-hybridized carbons (Fsp3) is 0.750. The van der Waals surface area contributed by atoms with Gasteiger partial charge in [-0.25, -0.2) is 10.9 Å². The van der Waals surface area contributed by atoms with Gasteiger partial charge < -0.3 is 0 Å². The van der Waals surface area contributed by atoms with E-state index in [1.807, 2.05) is 0 Å². The third-order valence-corrected chi connectivity index (χ3v) is 5.83. The van der Waals surface area contributed by atoms with Crippen LogP contribution in [0.3, 0.4) is 0 Å². The second kappa shape index (κ2) is 5.48. The minimum absolute atomic E-state index is 0.516. The van der Waals surface area contributed by atoms with Crippen LogP contribution in [0.15, 0.2) is 10.2 Å². The summed E-state index contributed by atoms with van der Waals surface area (Å²) in [6.45, 7) is 0. The summed E-state index contributed by atoms with van der Waals surface area (Å²) in [4.78, 5) is 23.5. The van der Waals surface area contributed by atoms with Crippen molar-refractivity contribution < 1.29 is 9.59 Å². The fourth-order valence-electron chi connectivity index (χ4n) is 4.67. The Balaban J connectivity index is 1.28. The number of nitrogens with zero attached hydrogens (tertiary/aromatic N) is 2. The van der Waals surface area contributed by atoms with Gasteiger partial charge in [-0.15, -0.1) is 0 Å². The molecule has 0 aromatic heterocycles. The zero-order chi connectivity index (χ0) is 15.1. The van der Waals surface area contributed by atoms with Crippen LogP contribution in [0.5, 0.6) is 0 Å². The molecule has 2 N–H and O–H groups in total. The molecular formula is C16H22N4O2. The van der Waals surface area contributed by atoms with Gasteiger partial charge >= 0.3 is 11.8 Å². The molecule has 0 aliphatic heterocycles. The van der Waals surface area contributed by atoms with Crippen LogP contribution in [0.2, 0.25) is 0 Å². The first-order valence-electron chi connectivity index (χ1n) is 8.42. The van der Waals surface area contributed by atoms with Crippen LogP contribution in [0.25, 0.3) is 0 Å². The van der Waals surface area contributed by atoms with Crippen molar-refractivity contribution >= 4 is 23.2 Å². The summed E-state index contributed by atoms with van der Waals surface area (Å²) in [6, 6.07) is 0. The van der Waals surface area contributed by atoms with Crippen molar-refractivity contribution in [3.8, 4) is 0 Å². The molecule has 4 saturated carbocycles. The topological polar surface area (TPSA) is 82.9 Å². The number of amides is 2. The van der Waals surface area contributed by atoms with E-state index in [0.717, 1.165) is 36.1 Å². The minimum atomic E-state index is -0.720. The van der Waals surface area contributed by atoms with Crippen molar-refractivity contribution in [3.63, 3.8) is 0 Å². The molecule has 0 unspecified atom stereocenters. The van der Waals surface area contributed by atoms with Gasteiger partial charge in [-0.2, -0.15) is 10.2 Å². The molecule has 0 saturated heterocycles. The van der Waals surface area contributed by atoms with E-state index in [9.17, 15) is 9.59 Å². The lowest BCUT2D eigenvalue weighted by Crippen LogP contribution is -2.36. The van der Waals surface area contributed by atoms with E-state index in [1.54, 1.807) is 0 Å². The molecule has 4 bridgehead atoms. The quantitative estimate of drug-likeness (QED) is 0.599. The van der Waals surface area contributed by atoms with Gasteiger partial charge in [0.25, 0.3) is 0 Å². The maximum Gasteiger partial charge on any atom is 0.331 e. The number of carbonyl (C=O) groups excluding carboxylic acids is 2. The Hall–Kier alpha value is -1.72. The molecule has 0 aromatic carbocycles. The zero-order valence-corrected chi connectivity index (χ0v) is 12.7. The van der Waals surface area contributed by atoms with Crippen molar-refractivity contribution in [2.24, 2.45) is 33.9 Å². The van der Waals surface area contributed by atoms with E-state index in [0.29, 0.717) is 11.8 Å². The van der Waals surface area contributed by atoms with Gasteiger partial charge in [0.05, 0.1) is 0 Å². The van der Waals surface area contributed by atoms with Crippen LogP contribution in [0, 0.1) is 23.7 Å². The number of carbonyl (C=O) groups is 2. The summed E-state index contributed by atoms with van der Waals surface area (Å²) >= 11 is 0. The van der Waals surface area contributed by atoms with Crippen LogP contribution in [-0.2, 0) is 9.59 Å². The van der Waals surface area contributed by atoms with Gasteiger partial charge in [0.15, 0.2) is 0 Å². The summed E-state index contributed by atoms with van der Waals surface area (Å²) in [5.74, 6) is 1.06. The van der Waals surface area contributed by atoms with Crippen LogP contribution in [-0.4, -0.2) is 23.2 Å². The summed E-state index contributed by atoms with van der Waals surface area (Å²) < 4.78 is 0. The third-order valence-electron chi connectivity index (χ3n) is 5.83. The maximum atomic E-state index is 11.8. The Morgan fingerprint density at radius 2 is 1.23 bits per heavy atom. The standard InChI is InChI=1S/C16H22N4O2/c21-15(19-17-13-7-9-1-3-11(13)5-9)16(22)20-18-14-8-10-2-4-12(14)6-10/h9-12H,1-8H2,(H,19,21)(H,20,22)/b17-13-,18-14+/t9-,10+,11-,12+/m0/s1. The second-order valence-corrected chi connectivity index (χ2v) is 7.25. The fourth-order valence-corrected chi connectivity index (χ4v) is 4.67. The average molecular weight is 302 g/mol. The summed E-state index contributed by atoms with van der Waals surface area (Å²) in [5.41, 5.74) is 6.88. The lowest BCUT2D eigenvalue weighted by atomic mass is 9.99. The number of hydrogen-bond acceptors (Lipinski definition) is 4. The molecule has 6 heteroatoms. The largest absolute Gasteiger partial charge is 0.331 e. The molecular weight excluding hydrogens is 280 g/mol. The van der Waals surface area contributed by atoms with Crippen molar-refractivity contribution in [2.45, 2.75) is 51.4 Å². The van der Waals surface area contributed by atoms with Gasteiger partial charge in [-0.3, -0.25) is 9.59 Å². The zero-order valence-electron chi connectivity index (χ0n) is 12.7. The average Bonchev–Trinajstić information content (AvgIpc) is 3.30. The molecule has 0 radical (unpaired) electrons. The Morgan fingerprint density at radius 3 is 1.55 bits per heavy atom. The first-order chi connectivity index (χ1) is 10.7. The van der Waals surface area contributed by atoms with Crippen LogP contribution in [0.1, 0.15) is 51.4 Å². The molecule has 4 atom stereocenters. The highest BCUT2D eigenvalue weighted by molar-refractivity contribution is 6.35. The predicted octanol–water partition coefficient (Wildman–Crippen LogP) is 1.57. The van der Waals surface area contributed by atoms with Crippen molar-refractivity contribution in [2.75, 3.05) is 0 Å². The van der Waals surface area contributed by atoms with E-state index in [-0.39, 0.29) is 0 Å². The first kappa shape index (κ1) is 13.9. The monoisotopic (exact) mass is 302 g/mol. The highest BCUT2D eigenvalue weighted by Gasteiger charge is 2.37. The van der Waals surface area contributed by atoms with Crippen LogP contribution in [0.4, 0.5) is 0 Å². The highest BCUT2D eigenvalue weighted by Crippen LogP contribution is 2.43.